The van der Waals surface area contributed by atoms with Gasteiger partial charge in [0.2, 0.25) is 16.9 Å². The second kappa shape index (κ2) is 6.62. The van der Waals surface area contributed by atoms with E-state index in [9.17, 15) is 8.76 Å². The van der Waals surface area contributed by atoms with Crippen molar-refractivity contribution in [2.45, 2.75) is 5.16 Å². The van der Waals surface area contributed by atoms with Gasteiger partial charge in [0.1, 0.15) is 0 Å². The summed E-state index contributed by atoms with van der Waals surface area (Å²) in [7, 11) is 2.62. The van der Waals surface area contributed by atoms with Crippen LogP contribution in [0.15, 0.2) is 5.16 Å². The number of hydrogen-bond acceptors (Lipinski definition) is 6. The summed E-state index contributed by atoms with van der Waals surface area (Å²) in [4.78, 5) is 7.08. The Morgan fingerprint density at radius 2 is 1.67 bits per heavy atom. The fraction of sp³-hybridized carbons (Fsp3) is 0.333. The molecule has 1 rings (SSSR count). The zero-order chi connectivity index (χ0) is 10.7. The fourth-order valence-corrected chi connectivity index (χ4v) is 1.29. The van der Waals surface area contributed by atoms with Gasteiger partial charge in [-0.2, -0.15) is 9.97 Å². The Kier molecular flexibility index (Phi) is 6.65. The van der Waals surface area contributed by atoms with Crippen LogP contribution in [-0.2, 0) is 11.1 Å². The first kappa shape index (κ1) is 15.1. The predicted molar refractivity (Wildman–Crippen MR) is 47.3 cm³/mol. The number of halogens is 1. The molecular formula is C6H6ClN2NaO4S. The molecule has 0 fully saturated rings. The van der Waals surface area contributed by atoms with E-state index < -0.39 is 16.2 Å². The number of aromatic nitrogens is 2. The number of hydrogen-bond donors (Lipinski definition) is 0. The van der Waals surface area contributed by atoms with Crippen molar-refractivity contribution in [3.05, 3.63) is 5.02 Å². The third-order valence-electron chi connectivity index (χ3n) is 1.31. The molecule has 78 valence electrons. The van der Waals surface area contributed by atoms with Crippen LogP contribution in [-0.4, -0.2) is 32.9 Å². The molecule has 1 atom stereocenters. The van der Waals surface area contributed by atoms with Gasteiger partial charge in [0.15, 0.2) is 5.02 Å². The number of nitrogens with zero attached hydrogens (tertiary/aromatic N) is 2. The van der Waals surface area contributed by atoms with E-state index in [0.29, 0.717) is 0 Å². The van der Waals surface area contributed by atoms with E-state index in [1.165, 1.54) is 14.2 Å². The standard InChI is InChI=1S/C6H7ClN2O4S.Na/c1-12-4-3(7)5(13-2)9-6(8-4)14(10)11;/h1-2H3,(H,10,11);/q;+1/p-1. The molecule has 1 aromatic rings. The van der Waals surface area contributed by atoms with Crippen LogP contribution in [0.3, 0.4) is 0 Å². The summed E-state index contributed by atoms with van der Waals surface area (Å²) in [6, 6.07) is 0. The van der Waals surface area contributed by atoms with E-state index in [1.807, 2.05) is 0 Å². The van der Waals surface area contributed by atoms with Gasteiger partial charge in [0.05, 0.1) is 14.2 Å². The summed E-state index contributed by atoms with van der Waals surface area (Å²) >= 11 is 3.16. The molecule has 0 saturated carbocycles. The van der Waals surface area contributed by atoms with Crippen LogP contribution in [0.4, 0.5) is 0 Å². The van der Waals surface area contributed by atoms with Crippen molar-refractivity contribution < 1.29 is 47.8 Å². The second-order valence-corrected chi connectivity index (χ2v) is 3.29. The summed E-state index contributed by atoms with van der Waals surface area (Å²) in [5, 5.41) is -0.396. The first-order valence-electron chi connectivity index (χ1n) is 3.35. The molecule has 0 aromatic carbocycles. The molecule has 0 saturated heterocycles. The third kappa shape index (κ3) is 3.54. The van der Waals surface area contributed by atoms with Gasteiger partial charge in [-0.3, -0.25) is 4.21 Å². The van der Waals surface area contributed by atoms with E-state index in [4.69, 9.17) is 21.1 Å². The van der Waals surface area contributed by atoms with Crippen molar-refractivity contribution in [2.24, 2.45) is 0 Å². The normalized spacial score (nSPS) is 11.5. The van der Waals surface area contributed by atoms with Crippen LogP contribution in [0.5, 0.6) is 11.8 Å². The summed E-state index contributed by atoms with van der Waals surface area (Å²) in [5.74, 6) is -0.0876. The van der Waals surface area contributed by atoms with E-state index >= 15 is 0 Å². The molecule has 0 radical (unpaired) electrons. The number of ether oxygens (including phenoxy) is 2. The quantitative estimate of drug-likeness (QED) is 0.336. The van der Waals surface area contributed by atoms with Crippen molar-refractivity contribution in [3.8, 4) is 11.8 Å². The van der Waals surface area contributed by atoms with E-state index in [-0.39, 0.29) is 46.3 Å². The van der Waals surface area contributed by atoms with Gasteiger partial charge in [-0.05, 0) is 0 Å². The zero-order valence-corrected chi connectivity index (χ0v) is 11.9. The van der Waals surface area contributed by atoms with Crippen LogP contribution in [0, 0.1) is 0 Å². The van der Waals surface area contributed by atoms with Gasteiger partial charge in [-0.1, -0.05) is 11.6 Å². The van der Waals surface area contributed by atoms with Crippen molar-refractivity contribution in [3.63, 3.8) is 0 Å². The van der Waals surface area contributed by atoms with Gasteiger partial charge in [-0.25, -0.2) is 0 Å². The molecule has 9 heteroatoms. The second-order valence-electron chi connectivity index (χ2n) is 2.07. The van der Waals surface area contributed by atoms with Gasteiger partial charge in [0, 0.05) is 11.1 Å². The number of rotatable bonds is 3. The summed E-state index contributed by atoms with van der Waals surface area (Å²) < 4.78 is 30.6. The molecule has 1 heterocycles. The Labute approximate surface area is 116 Å². The fourth-order valence-electron chi connectivity index (χ4n) is 0.733. The molecule has 0 bridgehead atoms. The van der Waals surface area contributed by atoms with E-state index in [1.54, 1.807) is 0 Å². The average Bonchev–Trinajstić information content (AvgIpc) is 2.17. The Bertz CT molecular complexity index is 353. The smallest absolute Gasteiger partial charge is 0.766 e. The average molecular weight is 261 g/mol. The molecule has 0 aliphatic rings. The van der Waals surface area contributed by atoms with Crippen LogP contribution >= 0.6 is 11.6 Å². The molecule has 0 N–H and O–H groups in total. The molecule has 0 aliphatic heterocycles. The molecule has 1 aromatic heterocycles. The van der Waals surface area contributed by atoms with Gasteiger partial charge in [-0.15, -0.1) is 0 Å². The zero-order valence-electron chi connectivity index (χ0n) is 8.31. The van der Waals surface area contributed by atoms with Crippen molar-refractivity contribution in [1.29, 1.82) is 0 Å². The van der Waals surface area contributed by atoms with Crippen molar-refractivity contribution in [1.82, 2.24) is 9.97 Å². The minimum absolute atomic E-state index is 0. The topological polar surface area (TPSA) is 84.4 Å². The first-order valence-corrected chi connectivity index (χ1v) is 4.80. The predicted octanol–water partition coefficient (Wildman–Crippen LogP) is -2.61. The van der Waals surface area contributed by atoms with Crippen LogP contribution in [0.1, 0.15) is 0 Å². The summed E-state index contributed by atoms with van der Waals surface area (Å²) in [6.45, 7) is 0. The van der Waals surface area contributed by atoms with Crippen molar-refractivity contribution >= 4 is 22.7 Å². The Hall–Kier alpha value is 0.0800. The Morgan fingerprint density at radius 1 is 1.27 bits per heavy atom. The maximum absolute atomic E-state index is 10.6. The SMILES string of the molecule is COc1nc(S(=O)[O-])nc(OC)c1Cl.[Na+]. The number of methoxy groups -OCH3 is 2. The molecular weight excluding hydrogens is 255 g/mol. The molecule has 0 amide bonds. The first-order chi connectivity index (χ1) is 6.60. The minimum Gasteiger partial charge on any atom is -0.766 e. The largest absolute Gasteiger partial charge is 1.00 e. The van der Waals surface area contributed by atoms with Gasteiger partial charge < -0.3 is 14.0 Å². The van der Waals surface area contributed by atoms with Crippen LogP contribution in [0.25, 0.3) is 0 Å². The van der Waals surface area contributed by atoms with Gasteiger partial charge >= 0.3 is 29.6 Å². The summed E-state index contributed by atoms with van der Waals surface area (Å²) in [5.41, 5.74) is 0. The molecule has 15 heavy (non-hydrogen) atoms. The molecule has 6 nitrogen and oxygen atoms in total. The monoisotopic (exact) mass is 260 g/mol. The third-order valence-corrected chi connectivity index (χ3v) is 2.11. The minimum atomic E-state index is -2.55. The Balaban J connectivity index is 0.00000196. The Morgan fingerprint density at radius 3 is 1.93 bits per heavy atom. The van der Waals surface area contributed by atoms with Gasteiger partial charge in [0.25, 0.3) is 0 Å². The van der Waals surface area contributed by atoms with Crippen LogP contribution in [0.2, 0.25) is 5.02 Å². The molecule has 1 unspecified atom stereocenters. The summed E-state index contributed by atoms with van der Waals surface area (Å²) in [6.07, 6.45) is 0. The maximum Gasteiger partial charge on any atom is 1.00 e. The molecule has 0 spiro atoms. The van der Waals surface area contributed by atoms with Crippen molar-refractivity contribution in [2.75, 3.05) is 14.2 Å². The maximum atomic E-state index is 10.6. The van der Waals surface area contributed by atoms with E-state index in [2.05, 4.69) is 9.97 Å². The molecule has 0 aliphatic carbocycles. The van der Waals surface area contributed by atoms with E-state index in [0.717, 1.165) is 0 Å². The van der Waals surface area contributed by atoms with Crippen LogP contribution < -0.4 is 39.0 Å².